The maximum Gasteiger partial charge on any atom is 0.101 e. The normalized spacial score (nSPS) is 23.8. The summed E-state index contributed by atoms with van der Waals surface area (Å²) in [5.41, 5.74) is 1.67. The van der Waals surface area contributed by atoms with Crippen LogP contribution in [0.25, 0.3) is 0 Å². The Balaban J connectivity index is 1.63. The molecule has 0 bridgehead atoms. The second-order valence-corrected chi connectivity index (χ2v) is 6.06. The Kier molecular flexibility index (Phi) is 4.14. The van der Waals surface area contributed by atoms with Crippen LogP contribution in [-0.4, -0.2) is 25.8 Å². The first-order valence-electron chi connectivity index (χ1n) is 7.34. The average molecular weight is 291 g/mol. The van der Waals surface area contributed by atoms with Gasteiger partial charge in [0.1, 0.15) is 6.07 Å². The van der Waals surface area contributed by atoms with E-state index in [9.17, 15) is 0 Å². The fourth-order valence-corrected chi connectivity index (χ4v) is 3.51. The zero-order valence-electron chi connectivity index (χ0n) is 11.5. The van der Waals surface area contributed by atoms with Gasteiger partial charge in [0.25, 0.3) is 0 Å². The molecule has 106 valence electrons. The molecule has 2 heterocycles. The van der Waals surface area contributed by atoms with Gasteiger partial charge in [-0.2, -0.15) is 5.26 Å². The summed E-state index contributed by atoms with van der Waals surface area (Å²) in [7, 11) is 0. The predicted molar refractivity (Wildman–Crippen MR) is 80.1 cm³/mol. The van der Waals surface area contributed by atoms with Crippen molar-refractivity contribution >= 4 is 17.3 Å². The molecule has 1 aromatic rings. The maximum atomic E-state index is 8.91. The maximum absolute atomic E-state index is 8.91. The van der Waals surface area contributed by atoms with E-state index in [1.165, 1.54) is 25.7 Å². The fraction of sp³-hybridized carbons (Fsp3) is 0.562. The molecule has 0 aliphatic carbocycles. The molecule has 0 amide bonds. The summed E-state index contributed by atoms with van der Waals surface area (Å²) >= 11 is 6.11. The topological polar surface area (TPSA) is 36.3 Å². The van der Waals surface area contributed by atoms with E-state index in [0.717, 1.165) is 25.4 Å². The Morgan fingerprint density at radius 2 is 2.05 bits per heavy atom. The highest BCUT2D eigenvalue weighted by atomic mass is 35.5. The Bertz CT molecular complexity index is 512. The molecule has 0 spiro atoms. The van der Waals surface area contributed by atoms with Crippen molar-refractivity contribution < 1.29 is 4.74 Å². The quantitative estimate of drug-likeness (QED) is 0.835. The van der Waals surface area contributed by atoms with Gasteiger partial charge in [0.05, 0.1) is 16.7 Å². The van der Waals surface area contributed by atoms with Crippen molar-refractivity contribution in [3.63, 3.8) is 0 Å². The highest BCUT2D eigenvalue weighted by Gasteiger charge is 2.29. The van der Waals surface area contributed by atoms with Gasteiger partial charge in [0.15, 0.2) is 0 Å². The van der Waals surface area contributed by atoms with Gasteiger partial charge in [-0.15, -0.1) is 0 Å². The smallest absolute Gasteiger partial charge is 0.101 e. The van der Waals surface area contributed by atoms with E-state index in [4.69, 9.17) is 21.6 Å². The number of halogens is 1. The summed E-state index contributed by atoms with van der Waals surface area (Å²) in [4.78, 5) is 2.36. The average Bonchev–Trinajstić information content (AvgIpc) is 3.01. The molecule has 0 saturated carbocycles. The van der Waals surface area contributed by atoms with E-state index in [2.05, 4.69) is 11.0 Å². The van der Waals surface area contributed by atoms with Crippen molar-refractivity contribution in [1.82, 2.24) is 0 Å². The lowest BCUT2D eigenvalue weighted by atomic mass is 9.89. The van der Waals surface area contributed by atoms with Crippen LogP contribution in [-0.2, 0) is 4.74 Å². The molecule has 2 fully saturated rings. The Hall–Kier alpha value is -1.24. The van der Waals surface area contributed by atoms with Gasteiger partial charge in [-0.3, -0.25) is 0 Å². The highest BCUT2D eigenvalue weighted by molar-refractivity contribution is 6.32. The number of hydrogen-bond acceptors (Lipinski definition) is 3. The first-order chi connectivity index (χ1) is 9.78. The lowest BCUT2D eigenvalue weighted by Crippen LogP contribution is -2.37. The molecule has 1 aromatic carbocycles. The molecule has 20 heavy (non-hydrogen) atoms. The van der Waals surface area contributed by atoms with Crippen molar-refractivity contribution in [2.75, 3.05) is 24.6 Å². The van der Waals surface area contributed by atoms with Crippen LogP contribution in [0.15, 0.2) is 18.2 Å². The largest absolute Gasteiger partial charge is 0.378 e. The number of benzene rings is 1. The van der Waals surface area contributed by atoms with E-state index >= 15 is 0 Å². The zero-order valence-corrected chi connectivity index (χ0v) is 12.3. The van der Waals surface area contributed by atoms with Gasteiger partial charge in [0, 0.05) is 25.4 Å². The van der Waals surface area contributed by atoms with Crippen LogP contribution < -0.4 is 4.90 Å². The Labute approximate surface area is 125 Å². The van der Waals surface area contributed by atoms with E-state index in [1.54, 1.807) is 0 Å². The first-order valence-corrected chi connectivity index (χ1v) is 7.72. The molecular formula is C16H19ClN2O. The number of nitrogens with zero attached hydrogens (tertiary/aromatic N) is 2. The summed E-state index contributed by atoms with van der Waals surface area (Å²) in [6, 6.07) is 7.82. The van der Waals surface area contributed by atoms with Crippen LogP contribution in [0.5, 0.6) is 0 Å². The van der Waals surface area contributed by atoms with E-state index < -0.39 is 0 Å². The number of nitriles is 1. The number of anilines is 1. The monoisotopic (exact) mass is 290 g/mol. The molecule has 0 radical (unpaired) electrons. The fourth-order valence-electron chi connectivity index (χ4n) is 3.30. The van der Waals surface area contributed by atoms with Gasteiger partial charge >= 0.3 is 0 Å². The summed E-state index contributed by atoms with van der Waals surface area (Å²) in [6.45, 7) is 3.04. The SMILES string of the molecule is N#Cc1ccc(N2CCC(C3CCCO3)CC2)cc1Cl. The molecule has 2 saturated heterocycles. The molecule has 2 aliphatic rings. The number of hydrogen-bond donors (Lipinski definition) is 0. The van der Waals surface area contributed by atoms with Gasteiger partial charge in [-0.25, -0.2) is 0 Å². The minimum absolute atomic E-state index is 0.488. The molecule has 0 N–H and O–H groups in total. The second kappa shape index (κ2) is 6.03. The van der Waals surface area contributed by atoms with E-state index in [0.29, 0.717) is 22.6 Å². The van der Waals surface area contributed by atoms with Crippen LogP contribution in [0, 0.1) is 17.2 Å². The number of piperidine rings is 1. The van der Waals surface area contributed by atoms with Gasteiger partial charge in [-0.1, -0.05) is 11.6 Å². The number of rotatable bonds is 2. The van der Waals surface area contributed by atoms with Crippen LogP contribution in [0.1, 0.15) is 31.2 Å². The third-order valence-electron chi connectivity index (χ3n) is 4.47. The van der Waals surface area contributed by atoms with Gasteiger partial charge < -0.3 is 9.64 Å². The van der Waals surface area contributed by atoms with Gasteiger partial charge in [-0.05, 0) is 49.8 Å². The van der Waals surface area contributed by atoms with E-state index in [-0.39, 0.29) is 0 Å². The van der Waals surface area contributed by atoms with Crippen LogP contribution in [0.4, 0.5) is 5.69 Å². The first kappa shape index (κ1) is 13.7. The van der Waals surface area contributed by atoms with Crippen molar-refractivity contribution in [1.29, 1.82) is 5.26 Å². The molecule has 4 heteroatoms. The highest BCUT2D eigenvalue weighted by Crippen LogP contribution is 2.32. The summed E-state index contributed by atoms with van der Waals surface area (Å²) in [5, 5.41) is 9.46. The van der Waals surface area contributed by atoms with Crippen LogP contribution in [0.2, 0.25) is 5.02 Å². The Morgan fingerprint density at radius 1 is 1.25 bits per heavy atom. The third kappa shape index (κ3) is 2.77. The lowest BCUT2D eigenvalue weighted by molar-refractivity contribution is 0.0531. The van der Waals surface area contributed by atoms with Crippen LogP contribution in [0.3, 0.4) is 0 Å². The third-order valence-corrected chi connectivity index (χ3v) is 4.78. The predicted octanol–water partition coefficient (Wildman–Crippen LogP) is 3.61. The molecule has 3 rings (SSSR count). The summed E-state index contributed by atoms with van der Waals surface area (Å²) in [5.74, 6) is 0.711. The summed E-state index contributed by atoms with van der Waals surface area (Å²) in [6.07, 6.45) is 5.30. The second-order valence-electron chi connectivity index (χ2n) is 5.65. The van der Waals surface area contributed by atoms with Crippen molar-refractivity contribution in [2.24, 2.45) is 5.92 Å². The van der Waals surface area contributed by atoms with Gasteiger partial charge in [0.2, 0.25) is 0 Å². The lowest BCUT2D eigenvalue weighted by Gasteiger charge is -2.35. The molecule has 3 nitrogen and oxygen atoms in total. The molecular weight excluding hydrogens is 272 g/mol. The van der Waals surface area contributed by atoms with Crippen molar-refractivity contribution in [2.45, 2.75) is 31.8 Å². The van der Waals surface area contributed by atoms with Crippen molar-refractivity contribution in [3.05, 3.63) is 28.8 Å². The van der Waals surface area contributed by atoms with E-state index in [1.807, 2.05) is 18.2 Å². The Morgan fingerprint density at radius 3 is 2.65 bits per heavy atom. The van der Waals surface area contributed by atoms with Crippen molar-refractivity contribution in [3.8, 4) is 6.07 Å². The minimum Gasteiger partial charge on any atom is -0.378 e. The molecule has 0 aromatic heterocycles. The standard InChI is InChI=1S/C16H19ClN2O/c17-15-10-14(4-3-13(15)11-18)19-7-5-12(6-8-19)16-2-1-9-20-16/h3-4,10,12,16H,1-2,5-9H2. The summed E-state index contributed by atoms with van der Waals surface area (Å²) < 4.78 is 5.81. The van der Waals surface area contributed by atoms with Crippen LogP contribution >= 0.6 is 11.6 Å². The minimum atomic E-state index is 0.488. The molecule has 2 aliphatic heterocycles. The molecule has 1 unspecified atom stereocenters. The zero-order chi connectivity index (χ0) is 13.9. The number of ether oxygens (including phenoxy) is 1. The molecule has 1 atom stereocenters.